The van der Waals surface area contributed by atoms with E-state index in [1.807, 2.05) is 12.1 Å². The SMILES string of the molecule is CC(C)NCc1cccc(-c2cc(F)cc(Cl)c2)c1. The van der Waals surface area contributed by atoms with Crippen LogP contribution in [-0.2, 0) is 6.54 Å². The molecule has 19 heavy (non-hydrogen) atoms. The third-order valence-corrected chi connectivity index (χ3v) is 3.06. The number of nitrogens with one attached hydrogen (secondary N) is 1. The van der Waals surface area contributed by atoms with E-state index < -0.39 is 0 Å². The van der Waals surface area contributed by atoms with Gasteiger partial charge in [0.1, 0.15) is 5.82 Å². The molecule has 0 radical (unpaired) electrons. The molecule has 0 bridgehead atoms. The van der Waals surface area contributed by atoms with Crippen molar-refractivity contribution in [2.24, 2.45) is 0 Å². The van der Waals surface area contributed by atoms with E-state index in [1.165, 1.54) is 17.7 Å². The molecule has 0 atom stereocenters. The minimum Gasteiger partial charge on any atom is -0.310 e. The molecular formula is C16H17ClFN. The van der Waals surface area contributed by atoms with Crippen LogP contribution in [0.4, 0.5) is 4.39 Å². The van der Waals surface area contributed by atoms with Gasteiger partial charge < -0.3 is 5.32 Å². The van der Waals surface area contributed by atoms with Crippen LogP contribution in [0.15, 0.2) is 42.5 Å². The predicted molar refractivity (Wildman–Crippen MR) is 78.8 cm³/mol. The van der Waals surface area contributed by atoms with Gasteiger partial charge in [-0.25, -0.2) is 4.39 Å². The van der Waals surface area contributed by atoms with Gasteiger partial charge in [-0.2, -0.15) is 0 Å². The summed E-state index contributed by atoms with van der Waals surface area (Å²) in [4.78, 5) is 0. The van der Waals surface area contributed by atoms with E-state index in [0.717, 1.165) is 17.7 Å². The van der Waals surface area contributed by atoms with Crippen molar-refractivity contribution < 1.29 is 4.39 Å². The molecule has 2 rings (SSSR count). The third-order valence-electron chi connectivity index (χ3n) is 2.84. The van der Waals surface area contributed by atoms with Crippen molar-refractivity contribution in [3.05, 3.63) is 58.9 Å². The Morgan fingerprint density at radius 3 is 2.58 bits per heavy atom. The van der Waals surface area contributed by atoms with Crippen molar-refractivity contribution in [1.82, 2.24) is 5.32 Å². The van der Waals surface area contributed by atoms with Crippen molar-refractivity contribution in [3.63, 3.8) is 0 Å². The van der Waals surface area contributed by atoms with E-state index in [9.17, 15) is 4.39 Å². The first-order chi connectivity index (χ1) is 9.04. The van der Waals surface area contributed by atoms with Gasteiger partial charge in [-0.1, -0.05) is 43.6 Å². The van der Waals surface area contributed by atoms with Crippen LogP contribution in [-0.4, -0.2) is 6.04 Å². The Morgan fingerprint density at radius 2 is 1.89 bits per heavy atom. The molecule has 0 unspecified atom stereocenters. The Balaban J connectivity index is 2.27. The molecule has 0 spiro atoms. The number of hydrogen-bond donors (Lipinski definition) is 1. The molecule has 0 aliphatic carbocycles. The number of rotatable bonds is 4. The van der Waals surface area contributed by atoms with Crippen LogP contribution < -0.4 is 5.32 Å². The summed E-state index contributed by atoms with van der Waals surface area (Å²) >= 11 is 5.89. The maximum Gasteiger partial charge on any atom is 0.125 e. The molecule has 0 aliphatic heterocycles. The highest BCUT2D eigenvalue weighted by atomic mass is 35.5. The van der Waals surface area contributed by atoms with Gasteiger partial charge in [-0.15, -0.1) is 0 Å². The second kappa shape index (κ2) is 6.18. The van der Waals surface area contributed by atoms with Gasteiger partial charge in [-0.3, -0.25) is 0 Å². The highest BCUT2D eigenvalue weighted by molar-refractivity contribution is 6.30. The smallest absolute Gasteiger partial charge is 0.125 e. The van der Waals surface area contributed by atoms with Gasteiger partial charge >= 0.3 is 0 Å². The van der Waals surface area contributed by atoms with Gasteiger partial charge in [0.05, 0.1) is 0 Å². The molecular weight excluding hydrogens is 261 g/mol. The molecule has 100 valence electrons. The zero-order chi connectivity index (χ0) is 13.8. The van der Waals surface area contributed by atoms with E-state index in [4.69, 9.17) is 11.6 Å². The molecule has 0 amide bonds. The molecule has 3 heteroatoms. The summed E-state index contributed by atoms with van der Waals surface area (Å²) in [6.07, 6.45) is 0. The van der Waals surface area contributed by atoms with Gasteiger partial charge in [0.2, 0.25) is 0 Å². The fourth-order valence-corrected chi connectivity index (χ4v) is 2.13. The molecule has 1 N–H and O–H groups in total. The lowest BCUT2D eigenvalue weighted by molar-refractivity contribution is 0.589. The molecule has 0 heterocycles. The molecule has 0 aliphatic rings. The average Bonchev–Trinajstić information content (AvgIpc) is 2.35. The summed E-state index contributed by atoms with van der Waals surface area (Å²) in [5, 5.41) is 3.78. The van der Waals surface area contributed by atoms with Crippen molar-refractivity contribution in [2.75, 3.05) is 0 Å². The first-order valence-electron chi connectivity index (χ1n) is 6.33. The lowest BCUT2D eigenvalue weighted by Gasteiger charge is -2.10. The Hall–Kier alpha value is -1.38. The maximum atomic E-state index is 13.4. The minimum atomic E-state index is -0.312. The van der Waals surface area contributed by atoms with E-state index in [0.29, 0.717) is 11.1 Å². The fraction of sp³-hybridized carbons (Fsp3) is 0.250. The second-order valence-electron chi connectivity index (χ2n) is 4.89. The van der Waals surface area contributed by atoms with Crippen LogP contribution in [0.25, 0.3) is 11.1 Å². The number of halogens is 2. The first kappa shape index (κ1) is 14.0. The Bertz CT molecular complexity index is 546. The van der Waals surface area contributed by atoms with Crippen LogP contribution in [0.1, 0.15) is 19.4 Å². The van der Waals surface area contributed by atoms with Crippen LogP contribution >= 0.6 is 11.6 Å². The van der Waals surface area contributed by atoms with Crippen LogP contribution in [0.2, 0.25) is 5.02 Å². The Kier molecular flexibility index (Phi) is 4.56. The average molecular weight is 278 g/mol. The number of hydrogen-bond acceptors (Lipinski definition) is 1. The highest BCUT2D eigenvalue weighted by Gasteiger charge is 2.03. The molecule has 2 aromatic carbocycles. The normalized spacial score (nSPS) is 11.0. The van der Waals surface area contributed by atoms with E-state index in [-0.39, 0.29) is 5.82 Å². The maximum absolute atomic E-state index is 13.4. The van der Waals surface area contributed by atoms with Gasteiger partial charge in [-0.05, 0) is 41.0 Å². The molecule has 1 nitrogen and oxygen atoms in total. The Morgan fingerprint density at radius 1 is 1.11 bits per heavy atom. The van der Waals surface area contributed by atoms with Crippen molar-refractivity contribution >= 4 is 11.6 Å². The zero-order valence-corrected chi connectivity index (χ0v) is 11.8. The predicted octanol–water partition coefficient (Wildman–Crippen LogP) is 4.64. The molecule has 2 aromatic rings. The van der Waals surface area contributed by atoms with Crippen LogP contribution in [0, 0.1) is 5.82 Å². The summed E-state index contributed by atoms with van der Waals surface area (Å²) in [6.45, 7) is 5.01. The van der Waals surface area contributed by atoms with E-state index in [1.54, 1.807) is 6.07 Å². The molecule has 0 saturated carbocycles. The minimum absolute atomic E-state index is 0.312. The topological polar surface area (TPSA) is 12.0 Å². The van der Waals surface area contributed by atoms with E-state index >= 15 is 0 Å². The number of benzene rings is 2. The quantitative estimate of drug-likeness (QED) is 0.858. The summed E-state index contributed by atoms with van der Waals surface area (Å²) in [5.41, 5.74) is 2.95. The van der Waals surface area contributed by atoms with Crippen molar-refractivity contribution in [2.45, 2.75) is 26.4 Å². The molecule has 0 fully saturated rings. The van der Waals surface area contributed by atoms with Crippen molar-refractivity contribution in [1.29, 1.82) is 0 Å². The van der Waals surface area contributed by atoms with Crippen molar-refractivity contribution in [3.8, 4) is 11.1 Å². The van der Waals surface area contributed by atoms with Gasteiger partial charge in [0.15, 0.2) is 0 Å². The van der Waals surface area contributed by atoms with Gasteiger partial charge in [0.25, 0.3) is 0 Å². The monoisotopic (exact) mass is 277 g/mol. The third kappa shape index (κ3) is 4.05. The zero-order valence-electron chi connectivity index (χ0n) is 11.1. The summed E-state index contributed by atoms with van der Waals surface area (Å²) < 4.78 is 13.4. The Labute approximate surface area is 118 Å². The van der Waals surface area contributed by atoms with Gasteiger partial charge in [0, 0.05) is 17.6 Å². The summed E-state index contributed by atoms with van der Waals surface area (Å²) in [6, 6.07) is 13.1. The lowest BCUT2D eigenvalue weighted by atomic mass is 10.0. The van der Waals surface area contributed by atoms with Crippen LogP contribution in [0.3, 0.4) is 0 Å². The van der Waals surface area contributed by atoms with E-state index in [2.05, 4.69) is 31.3 Å². The largest absolute Gasteiger partial charge is 0.310 e. The molecule has 0 aromatic heterocycles. The standard InChI is InChI=1S/C16H17ClFN/c1-11(2)19-10-12-4-3-5-13(6-12)14-7-15(17)9-16(18)8-14/h3-9,11,19H,10H2,1-2H3. The lowest BCUT2D eigenvalue weighted by Crippen LogP contribution is -2.21. The first-order valence-corrected chi connectivity index (χ1v) is 6.71. The summed E-state index contributed by atoms with van der Waals surface area (Å²) in [7, 11) is 0. The second-order valence-corrected chi connectivity index (χ2v) is 5.33. The highest BCUT2D eigenvalue weighted by Crippen LogP contribution is 2.25. The van der Waals surface area contributed by atoms with Crippen LogP contribution in [0.5, 0.6) is 0 Å². The molecule has 0 saturated heterocycles. The summed E-state index contributed by atoms with van der Waals surface area (Å²) in [5.74, 6) is -0.312. The fourth-order valence-electron chi connectivity index (χ4n) is 1.90.